The second kappa shape index (κ2) is 11.2. The number of halogens is 1. The molecule has 0 aromatic heterocycles. The van der Waals surface area contributed by atoms with E-state index in [1.54, 1.807) is 0 Å². The van der Waals surface area contributed by atoms with Crippen molar-refractivity contribution in [2.24, 2.45) is 16.3 Å². The molecule has 1 saturated carbocycles. The molecule has 0 spiro atoms. The van der Waals surface area contributed by atoms with Gasteiger partial charge in [-0.15, -0.1) is 24.0 Å². The lowest BCUT2D eigenvalue weighted by Gasteiger charge is -2.43. The molecule has 0 radical (unpaired) electrons. The summed E-state index contributed by atoms with van der Waals surface area (Å²) in [6, 6.07) is 8.33. The topological polar surface area (TPSA) is 56.7 Å². The van der Waals surface area contributed by atoms with Crippen LogP contribution in [0, 0.1) is 11.3 Å². The van der Waals surface area contributed by atoms with Crippen LogP contribution in [0.4, 0.5) is 0 Å². The van der Waals surface area contributed by atoms with Crippen LogP contribution in [-0.2, 0) is 17.9 Å². The van der Waals surface area contributed by atoms with Gasteiger partial charge in [0.25, 0.3) is 0 Å². The molecule has 1 aromatic rings. The van der Waals surface area contributed by atoms with Crippen LogP contribution in [0.15, 0.2) is 29.3 Å². The molecule has 5 nitrogen and oxygen atoms in total. The maximum Gasteiger partial charge on any atom is 0.223 e. The minimum Gasteiger partial charge on any atom is -0.356 e. The molecular weight excluding hydrogens is 475 g/mol. The lowest BCUT2D eigenvalue weighted by atomic mass is 9.64. The maximum atomic E-state index is 12.5. The summed E-state index contributed by atoms with van der Waals surface area (Å²) in [5.41, 5.74) is 3.02. The molecule has 1 amide bonds. The van der Waals surface area contributed by atoms with Crippen LogP contribution in [0.1, 0.15) is 63.5 Å². The van der Waals surface area contributed by atoms with Crippen molar-refractivity contribution in [3.05, 3.63) is 35.4 Å². The lowest BCUT2D eigenvalue weighted by Crippen LogP contribution is -2.47. The fraction of sp³-hybridized carbons (Fsp3) is 0.652. The van der Waals surface area contributed by atoms with Gasteiger partial charge in [-0.05, 0) is 48.1 Å². The minimum atomic E-state index is 0. The number of carbonyl (C=O) groups excluding carboxylic acids is 1. The molecule has 1 aliphatic carbocycles. The molecule has 6 heteroatoms. The summed E-state index contributed by atoms with van der Waals surface area (Å²) in [4.78, 5) is 18.8. The van der Waals surface area contributed by atoms with Crippen molar-refractivity contribution >= 4 is 35.8 Å². The van der Waals surface area contributed by atoms with Gasteiger partial charge in [0, 0.05) is 39.6 Å². The number of carbonyl (C=O) groups is 1. The van der Waals surface area contributed by atoms with Gasteiger partial charge < -0.3 is 15.5 Å². The van der Waals surface area contributed by atoms with Crippen molar-refractivity contribution in [2.45, 2.75) is 65.5 Å². The van der Waals surface area contributed by atoms with E-state index in [2.05, 4.69) is 41.6 Å². The van der Waals surface area contributed by atoms with Crippen molar-refractivity contribution < 1.29 is 4.79 Å². The lowest BCUT2D eigenvalue weighted by molar-refractivity contribution is -0.131. The van der Waals surface area contributed by atoms with E-state index in [1.165, 1.54) is 36.8 Å². The van der Waals surface area contributed by atoms with E-state index in [0.29, 0.717) is 11.8 Å². The normalized spacial score (nSPS) is 17.4. The van der Waals surface area contributed by atoms with Gasteiger partial charge in [0.05, 0.1) is 0 Å². The predicted octanol–water partition coefficient (Wildman–Crippen LogP) is 4.31. The van der Waals surface area contributed by atoms with Crippen LogP contribution in [0.25, 0.3) is 0 Å². The van der Waals surface area contributed by atoms with Gasteiger partial charge in [-0.1, -0.05) is 44.5 Å². The highest BCUT2D eigenvalue weighted by atomic mass is 127. The first-order valence-corrected chi connectivity index (χ1v) is 10.8. The Morgan fingerprint density at radius 2 is 1.83 bits per heavy atom. The third kappa shape index (κ3) is 6.59. The molecule has 0 unspecified atom stereocenters. The molecule has 3 rings (SSSR count). The number of nitrogens with one attached hydrogen (secondary N) is 2. The molecule has 2 N–H and O–H groups in total. The van der Waals surface area contributed by atoms with Gasteiger partial charge in [-0.25, -0.2) is 0 Å². The van der Waals surface area contributed by atoms with Crippen LogP contribution >= 0.6 is 24.0 Å². The van der Waals surface area contributed by atoms with E-state index in [4.69, 9.17) is 0 Å². The third-order valence-electron chi connectivity index (χ3n) is 6.16. The Hall–Kier alpha value is -1.31. The summed E-state index contributed by atoms with van der Waals surface area (Å²) < 4.78 is 0. The van der Waals surface area contributed by atoms with Crippen molar-refractivity contribution in [1.29, 1.82) is 0 Å². The number of hydrogen-bond acceptors (Lipinski definition) is 2. The van der Waals surface area contributed by atoms with Crippen molar-refractivity contribution in [2.75, 3.05) is 20.1 Å². The average Bonchev–Trinajstić information content (AvgIpc) is 3.09. The van der Waals surface area contributed by atoms with Crippen molar-refractivity contribution in [3.8, 4) is 0 Å². The second-order valence-corrected chi connectivity index (χ2v) is 8.93. The summed E-state index contributed by atoms with van der Waals surface area (Å²) in [5, 5.41) is 6.89. The predicted molar refractivity (Wildman–Crippen MR) is 130 cm³/mol. The van der Waals surface area contributed by atoms with Crippen molar-refractivity contribution in [1.82, 2.24) is 15.5 Å². The third-order valence-corrected chi connectivity index (χ3v) is 6.16. The van der Waals surface area contributed by atoms with Gasteiger partial charge in [0.2, 0.25) is 5.91 Å². The van der Waals surface area contributed by atoms with E-state index in [0.717, 1.165) is 44.5 Å². The summed E-state index contributed by atoms with van der Waals surface area (Å²) in [6.07, 6.45) is 6.68. The summed E-state index contributed by atoms with van der Waals surface area (Å²) in [6.45, 7) is 7.89. The van der Waals surface area contributed by atoms with E-state index in [1.807, 2.05) is 24.1 Å². The number of fused-ring (bicyclic) bond motifs is 1. The molecule has 29 heavy (non-hydrogen) atoms. The zero-order valence-corrected chi connectivity index (χ0v) is 20.5. The fourth-order valence-electron chi connectivity index (χ4n) is 4.60. The molecule has 0 atom stereocenters. The molecule has 1 aromatic carbocycles. The highest BCUT2D eigenvalue weighted by Gasteiger charge is 2.37. The number of rotatable bonds is 8. The minimum absolute atomic E-state index is 0. The first-order valence-electron chi connectivity index (χ1n) is 10.8. The maximum absolute atomic E-state index is 12.5. The average molecular weight is 512 g/mol. The highest BCUT2D eigenvalue weighted by Crippen LogP contribution is 2.45. The first kappa shape index (κ1) is 24.0. The molecule has 162 valence electrons. The van der Waals surface area contributed by atoms with Crippen LogP contribution < -0.4 is 10.6 Å². The Labute approximate surface area is 193 Å². The Balaban J connectivity index is 0.00000300. The van der Waals surface area contributed by atoms with Crippen LogP contribution in [0.2, 0.25) is 0 Å². The highest BCUT2D eigenvalue weighted by molar-refractivity contribution is 14.0. The summed E-state index contributed by atoms with van der Waals surface area (Å²) in [7, 11) is 1.82. The zero-order chi connectivity index (χ0) is 20.0. The number of benzene rings is 1. The van der Waals surface area contributed by atoms with Crippen LogP contribution in [0.3, 0.4) is 0 Å². The molecular formula is C23H37IN4O. The Morgan fingerprint density at radius 3 is 2.34 bits per heavy atom. The monoisotopic (exact) mass is 512 g/mol. The van der Waals surface area contributed by atoms with Crippen LogP contribution in [-0.4, -0.2) is 36.9 Å². The van der Waals surface area contributed by atoms with Crippen LogP contribution in [0.5, 0.6) is 0 Å². The Bertz CT molecular complexity index is 675. The SMILES string of the molecule is CN=C(NCCCC(=O)N1Cc2ccccc2C1)NCC1(CC(C)C)CCC1.I. The zero-order valence-electron chi connectivity index (χ0n) is 18.2. The Kier molecular flexibility index (Phi) is 9.24. The second-order valence-electron chi connectivity index (χ2n) is 8.93. The van der Waals surface area contributed by atoms with Gasteiger partial charge in [-0.2, -0.15) is 0 Å². The molecule has 0 saturated heterocycles. The van der Waals surface area contributed by atoms with Crippen molar-refractivity contribution in [3.63, 3.8) is 0 Å². The smallest absolute Gasteiger partial charge is 0.223 e. The molecule has 2 aliphatic rings. The molecule has 1 fully saturated rings. The quantitative estimate of drug-likeness (QED) is 0.236. The summed E-state index contributed by atoms with van der Waals surface area (Å²) >= 11 is 0. The first-order chi connectivity index (χ1) is 13.5. The Morgan fingerprint density at radius 1 is 1.17 bits per heavy atom. The number of aliphatic imine (C=N–C) groups is 1. The van der Waals surface area contributed by atoms with Gasteiger partial charge >= 0.3 is 0 Å². The standard InChI is InChI=1S/C23H36N4O.HI/c1-18(2)14-23(11-7-12-23)17-26-22(24-3)25-13-6-10-21(28)27-15-19-8-4-5-9-20(19)16-27;/h4-5,8-9,18H,6-7,10-17H2,1-3H3,(H2,24,25,26);1H. The number of hydrogen-bond donors (Lipinski definition) is 2. The molecule has 1 aliphatic heterocycles. The van der Waals surface area contributed by atoms with Gasteiger partial charge in [-0.3, -0.25) is 9.79 Å². The summed E-state index contributed by atoms with van der Waals surface area (Å²) in [5.74, 6) is 1.84. The fourth-order valence-corrected chi connectivity index (χ4v) is 4.60. The molecule has 0 bridgehead atoms. The van der Waals surface area contributed by atoms with E-state index in [-0.39, 0.29) is 29.9 Å². The van der Waals surface area contributed by atoms with E-state index in [9.17, 15) is 4.79 Å². The van der Waals surface area contributed by atoms with E-state index >= 15 is 0 Å². The largest absolute Gasteiger partial charge is 0.356 e. The molecule has 1 heterocycles. The number of nitrogens with zero attached hydrogens (tertiary/aromatic N) is 2. The number of guanidine groups is 1. The van der Waals surface area contributed by atoms with E-state index < -0.39 is 0 Å². The van der Waals surface area contributed by atoms with Gasteiger partial charge in [0.15, 0.2) is 5.96 Å². The van der Waals surface area contributed by atoms with Gasteiger partial charge in [0.1, 0.15) is 0 Å². The number of amides is 1.